The van der Waals surface area contributed by atoms with Crippen LogP contribution in [0.2, 0.25) is 0 Å². The van der Waals surface area contributed by atoms with Crippen molar-refractivity contribution in [3.8, 4) is 22.5 Å². The third-order valence-corrected chi connectivity index (χ3v) is 10.3. The van der Waals surface area contributed by atoms with Gasteiger partial charge in [-0.2, -0.15) is 0 Å². The number of halogens is 2. The Morgan fingerprint density at radius 3 is 1.21 bits per heavy atom. The van der Waals surface area contributed by atoms with Crippen molar-refractivity contribution in [2.45, 2.75) is 32.1 Å². The molecule has 0 atom stereocenters. The summed E-state index contributed by atoms with van der Waals surface area (Å²) in [6.45, 7) is 5.42. The number of hydrogen-bond donors (Lipinski definition) is 0. The number of hydrogen-bond acceptors (Lipinski definition) is 5. The van der Waals surface area contributed by atoms with Crippen LogP contribution in [0.1, 0.15) is 43.4 Å². The zero-order chi connectivity index (χ0) is 41.0. The Bertz CT molecular complexity index is 2030. The molecule has 296 valence electrons. The number of benzene rings is 5. The molecule has 0 spiro atoms. The molecule has 0 fully saturated rings. The van der Waals surface area contributed by atoms with Crippen LogP contribution < -0.4 is 29.2 Å². The summed E-state index contributed by atoms with van der Waals surface area (Å²) in [6.07, 6.45) is 5.18. The van der Waals surface area contributed by atoms with Gasteiger partial charge in [-0.25, -0.2) is 0 Å². The predicted molar refractivity (Wildman–Crippen MR) is 234 cm³/mol. The summed E-state index contributed by atoms with van der Waals surface area (Å²) in [5, 5.41) is 21.4. The van der Waals surface area contributed by atoms with Crippen LogP contribution in [0.25, 0.3) is 22.5 Å². The zero-order valence-corrected chi connectivity index (χ0v) is 35.9. The van der Waals surface area contributed by atoms with Gasteiger partial charge in [-0.1, -0.05) is 123 Å². The fraction of sp³-hybridized carbons (Fsp3) is 0.167. The summed E-state index contributed by atoms with van der Waals surface area (Å²) in [5.74, 6) is 0. The van der Waals surface area contributed by atoms with Crippen molar-refractivity contribution in [3.63, 3.8) is 0 Å². The number of rotatable bonds is 14. The summed E-state index contributed by atoms with van der Waals surface area (Å²) in [7, 11) is -2.23. The van der Waals surface area contributed by atoms with Crippen LogP contribution in [-0.4, -0.2) is 27.1 Å². The maximum Gasteiger partial charge on any atom is 0.264 e. The van der Waals surface area contributed by atoms with E-state index in [0.29, 0.717) is 19.6 Å². The Labute approximate surface area is 359 Å². The van der Waals surface area contributed by atoms with Gasteiger partial charge in [-0.3, -0.25) is 9.68 Å². The van der Waals surface area contributed by atoms with Crippen molar-refractivity contribution in [2.24, 2.45) is 0 Å². The van der Waals surface area contributed by atoms with E-state index in [1.54, 1.807) is 9.46 Å². The molecular formula is C48H47BBr2N2O5. The normalized spacial score (nSPS) is 10.7. The summed E-state index contributed by atoms with van der Waals surface area (Å²) < 4.78 is 10.5. The lowest BCUT2D eigenvalue weighted by Crippen LogP contribution is -2.48. The SMILES string of the molecule is CCO[n+]1ccccc1-c1ccc(Br)cc1.CCO[n+]1ccccc1-c1ccc(Br)cc1.[O-]B([O-])OCCCC(c1ccccc1)(c1ccccc1)c1ccccc1. The average Bonchev–Trinajstić information content (AvgIpc) is 3.26. The first-order chi connectivity index (χ1) is 28.3. The second-order valence-electron chi connectivity index (χ2n) is 12.9. The third-order valence-electron chi connectivity index (χ3n) is 9.21. The molecule has 0 bridgehead atoms. The minimum atomic E-state index is -2.23. The van der Waals surface area contributed by atoms with Gasteiger partial charge >= 0.3 is 0 Å². The van der Waals surface area contributed by atoms with E-state index in [9.17, 15) is 10.0 Å². The van der Waals surface area contributed by atoms with Crippen LogP contribution in [0.5, 0.6) is 0 Å². The highest BCUT2D eigenvalue weighted by atomic mass is 79.9. The van der Waals surface area contributed by atoms with Gasteiger partial charge in [0.2, 0.25) is 12.4 Å². The number of pyridine rings is 2. The van der Waals surface area contributed by atoms with E-state index in [1.807, 2.05) is 142 Å². The van der Waals surface area contributed by atoms with Crippen molar-refractivity contribution in [3.05, 3.63) is 214 Å². The van der Waals surface area contributed by atoms with E-state index >= 15 is 0 Å². The summed E-state index contributed by atoms with van der Waals surface area (Å²) in [4.78, 5) is 11.1. The van der Waals surface area contributed by atoms with Crippen LogP contribution in [0.15, 0.2) is 197 Å². The summed E-state index contributed by atoms with van der Waals surface area (Å²) in [6, 6.07) is 59.4. The maximum atomic E-state index is 10.7. The van der Waals surface area contributed by atoms with Crippen molar-refractivity contribution in [1.29, 1.82) is 0 Å². The first kappa shape index (κ1) is 44.0. The molecule has 0 aliphatic carbocycles. The molecule has 0 N–H and O–H groups in total. The molecule has 0 amide bonds. The molecule has 10 heteroatoms. The molecule has 7 aromatic rings. The van der Waals surface area contributed by atoms with Crippen LogP contribution >= 0.6 is 31.9 Å². The van der Waals surface area contributed by atoms with Crippen LogP contribution in [0, 0.1) is 0 Å². The first-order valence-corrected chi connectivity index (χ1v) is 20.8. The van der Waals surface area contributed by atoms with Gasteiger partial charge in [0.1, 0.15) is 0 Å². The van der Waals surface area contributed by atoms with Gasteiger partial charge in [0.15, 0.2) is 13.2 Å². The van der Waals surface area contributed by atoms with Gasteiger partial charge in [0.25, 0.3) is 11.4 Å². The van der Waals surface area contributed by atoms with E-state index in [4.69, 9.17) is 14.3 Å². The lowest BCUT2D eigenvalue weighted by atomic mass is 9.67. The van der Waals surface area contributed by atoms with Gasteiger partial charge < -0.3 is 14.7 Å². The van der Waals surface area contributed by atoms with Crippen molar-refractivity contribution in [2.75, 3.05) is 19.8 Å². The Morgan fingerprint density at radius 1 is 0.500 bits per heavy atom. The van der Waals surface area contributed by atoms with Gasteiger partial charge in [0.05, 0.1) is 18.4 Å². The highest BCUT2D eigenvalue weighted by Crippen LogP contribution is 2.43. The Hall–Kier alpha value is -5.10. The van der Waals surface area contributed by atoms with Crippen LogP contribution in [-0.2, 0) is 10.1 Å². The molecule has 7 rings (SSSR count). The van der Waals surface area contributed by atoms with E-state index in [0.717, 1.165) is 37.9 Å². The molecule has 2 heterocycles. The fourth-order valence-corrected chi connectivity index (χ4v) is 7.19. The smallest absolute Gasteiger partial charge is 0.264 e. The Balaban J connectivity index is 0.000000174. The van der Waals surface area contributed by atoms with Gasteiger partial charge in [-0.15, -0.1) is 0 Å². The Morgan fingerprint density at radius 2 is 0.862 bits per heavy atom. The van der Waals surface area contributed by atoms with E-state index < -0.39 is 7.32 Å². The molecule has 2 aromatic heterocycles. The zero-order valence-electron chi connectivity index (χ0n) is 32.7. The predicted octanol–water partition coefficient (Wildman–Crippen LogP) is 8.23. The number of aromatic nitrogens is 2. The van der Waals surface area contributed by atoms with Crippen molar-refractivity contribution >= 4 is 39.2 Å². The Kier molecular flexibility index (Phi) is 17.7. The number of nitrogens with zero attached hydrogens (tertiary/aromatic N) is 2. The standard InChI is InChI=1S/C22H21BO3.2C13H13BrNO/c24-23(25)26-18-10-17-22(19-11-4-1-5-12-19,20-13-6-2-7-14-20)21-15-8-3-9-16-21;2*1-2-16-15-10-4-3-5-13(15)11-6-8-12(14)9-7-11/h1-9,11-16H,10,17-18H2;2*3-10H,2H2,1H3/q-2;2*+1. The molecule has 0 saturated carbocycles. The molecular weight excluding hydrogens is 855 g/mol. The second-order valence-corrected chi connectivity index (χ2v) is 14.8. The monoisotopic (exact) mass is 900 g/mol. The largest absolute Gasteiger partial charge is 0.871 e. The molecule has 0 aliphatic rings. The fourth-order valence-electron chi connectivity index (χ4n) is 6.67. The highest BCUT2D eigenvalue weighted by Gasteiger charge is 2.35. The van der Waals surface area contributed by atoms with E-state index in [1.165, 1.54) is 16.7 Å². The van der Waals surface area contributed by atoms with Crippen LogP contribution in [0.4, 0.5) is 0 Å². The summed E-state index contributed by atoms with van der Waals surface area (Å²) in [5.41, 5.74) is 7.55. The minimum Gasteiger partial charge on any atom is -0.871 e. The molecule has 0 saturated heterocycles. The molecule has 5 aromatic carbocycles. The lowest BCUT2D eigenvalue weighted by Gasteiger charge is -2.37. The van der Waals surface area contributed by atoms with Gasteiger partial charge in [-0.05, 0) is 104 Å². The molecule has 0 unspecified atom stereocenters. The quantitative estimate of drug-likeness (QED) is 0.0476. The van der Waals surface area contributed by atoms with Crippen LogP contribution in [0.3, 0.4) is 0 Å². The molecule has 7 nitrogen and oxygen atoms in total. The van der Waals surface area contributed by atoms with Crippen molar-refractivity contribution < 1.29 is 33.8 Å². The topological polar surface area (TPSA) is 81.6 Å². The molecule has 58 heavy (non-hydrogen) atoms. The lowest BCUT2D eigenvalue weighted by molar-refractivity contribution is -0.882. The summed E-state index contributed by atoms with van der Waals surface area (Å²) >= 11 is 6.86. The van der Waals surface area contributed by atoms with E-state index in [2.05, 4.69) is 92.5 Å². The maximum absolute atomic E-state index is 10.7. The third kappa shape index (κ3) is 12.5. The first-order valence-electron chi connectivity index (χ1n) is 19.2. The minimum absolute atomic E-state index is 0.159. The van der Waals surface area contributed by atoms with Gasteiger partial charge in [0, 0.05) is 54.7 Å². The molecule has 0 aliphatic heterocycles. The van der Waals surface area contributed by atoms with E-state index in [-0.39, 0.29) is 12.0 Å². The highest BCUT2D eigenvalue weighted by molar-refractivity contribution is 9.10. The second kappa shape index (κ2) is 23.3. The average molecular weight is 903 g/mol. The molecule has 0 radical (unpaired) electrons. The van der Waals surface area contributed by atoms with Crippen molar-refractivity contribution in [1.82, 2.24) is 0 Å².